The van der Waals surface area contributed by atoms with E-state index in [-0.39, 0.29) is 22.5 Å². The number of methoxy groups -OCH3 is 1. The predicted octanol–water partition coefficient (Wildman–Crippen LogP) is 3.24. The molecule has 0 fully saturated rings. The van der Waals surface area contributed by atoms with Crippen molar-refractivity contribution in [2.45, 2.75) is 18.1 Å². The van der Waals surface area contributed by atoms with E-state index in [1.54, 1.807) is 0 Å². The number of halogens is 4. The van der Waals surface area contributed by atoms with E-state index >= 15 is 0 Å². The van der Waals surface area contributed by atoms with Gasteiger partial charge in [0.1, 0.15) is 10.6 Å². The van der Waals surface area contributed by atoms with E-state index < -0.39 is 37.8 Å². The molecule has 27 heavy (non-hydrogen) atoms. The number of nitrogens with zero attached hydrogens (tertiary/aromatic N) is 1. The van der Waals surface area contributed by atoms with Crippen LogP contribution in [0.5, 0.6) is 0 Å². The third kappa shape index (κ3) is 4.49. The number of carbonyl (C=O) groups excluding carboxylic acids is 1. The lowest BCUT2D eigenvalue weighted by atomic mass is 10.1. The van der Waals surface area contributed by atoms with Crippen LogP contribution in [0.15, 0.2) is 29.4 Å². The van der Waals surface area contributed by atoms with Crippen molar-refractivity contribution in [2.24, 2.45) is 5.14 Å². The molecule has 2 aromatic rings. The van der Waals surface area contributed by atoms with Crippen LogP contribution in [0.2, 0.25) is 5.02 Å². The Morgan fingerprint density at radius 2 is 1.96 bits per heavy atom. The van der Waals surface area contributed by atoms with Crippen LogP contribution in [-0.2, 0) is 20.9 Å². The number of sulfonamides is 1. The molecule has 0 saturated carbocycles. The quantitative estimate of drug-likeness (QED) is 0.730. The minimum Gasteiger partial charge on any atom is -0.465 e. The van der Waals surface area contributed by atoms with E-state index in [1.165, 1.54) is 6.92 Å². The standard InChI is InChI=1S/C15H13ClF3N3O4S/c1-7-5-8(15(17,18)19)3-4-10(7)22-12-9(14(23)26-2)6-21-13(11(12)16)27(20,24)25/h3-6H,1-2H3,(H,21,22)(H2,20,24,25). The van der Waals surface area contributed by atoms with Gasteiger partial charge in [-0.05, 0) is 30.7 Å². The van der Waals surface area contributed by atoms with Crippen LogP contribution in [0.4, 0.5) is 24.5 Å². The van der Waals surface area contributed by atoms with E-state index in [9.17, 15) is 26.4 Å². The minimum atomic E-state index is -4.53. The fourth-order valence-corrected chi connectivity index (χ4v) is 3.24. The van der Waals surface area contributed by atoms with E-state index in [0.717, 1.165) is 31.5 Å². The Labute approximate surface area is 157 Å². The Kier molecular flexibility index (Phi) is 5.68. The van der Waals surface area contributed by atoms with E-state index in [2.05, 4.69) is 15.0 Å². The first-order chi connectivity index (χ1) is 12.4. The Morgan fingerprint density at radius 3 is 2.44 bits per heavy atom. The van der Waals surface area contributed by atoms with E-state index in [4.69, 9.17) is 16.7 Å². The fraction of sp³-hybridized carbons (Fsp3) is 0.200. The van der Waals surface area contributed by atoms with Crippen molar-refractivity contribution in [3.63, 3.8) is 0 Å². The summed E-state index contributed by atoms with van der Waals surface area (Å²) in [6, 6.07) is 2.82. The van der Waals surface area contributed by atoms with E-state index in [1.807, 2.05) is 0 Å². The van der Waals surface area contributed by atoms with Crippen LogP contribution >= 0.6 is 11.6 Å². The summed E-state index contributed by atoms with van der Waals surface area (Å²) in [5, 5.41) is 6.48. The number of esters is 1. The SMILES string of the molecule is COC(=O)c1cnc(S(N)(=O)=O)c(Cl)c1Nc1ccc(C(F)(F)F)cc1C. The van der Waals surface area contributed by atoms with Crippen molar-refractivity contribution >= 4 is 39.0 Å². The van der Waals surface area contributed by atoms with Crippen LogP contribution in [0.1, 0.15) is 21.5 Å². The normalized spacial score (nSPS) is 12.0. The second kappa shape index (κ2) is 7.33. The van der Waals surface area contributed by atoms with Crippen LogP contribution < -0.4 is 10.5 Å². The van der Waals surface area contributed by atoms with Gasteiger partial charge in [-0.15, -0.1) is 0 Å². The molecule has 1 aromatic carbocycles. The number of hydrogen-bond acceptors (Lipinski definition) is 6. The zero-order chi connectivity index (χ0) is 20.6. The van der Waals surface area contributed by atoms with E-state index in [0.29, 0.717) is 0 Å². The number of anilines is 2. The minimum absolute atomic E-state index is 0.154. The molecule has 0 unspecified atom stereocenters. The fourth-order valence-electron chi connectivity index (χ4n) is 2.17. The number of pyridine rings is 1. The highest BCUT2D eigenvalue weighted by Crippen LogP contribution is 2.36. The molecule has 146 valence electrons. The molecule has 2 rings (SSSR count). The number of hydrogen-bond donors (Lipinski definition) is 2. The highest BCUT2D eigenvalue weighted by molar-refractivity contribution is 7.89. The maximum Gasteiger partial charge on any atom is 0.416 e. The summed E-state index contributed by atoms with van der Waals surface area (Å²) in [5.41, 5.74) is -0.989. The number of ether oxygens (including phenoxy) is 1. The third-order valence-corrected chi connectivity index (χ3v) is 4.80. The molecule has 0 bridgehead atoms. The monoisotopic (exact) mass is 423 g/mol. The number of aryl methyl sites for hydroxylation is 1. The molecule has 1 heterocycles. The zero-order valence-electron chi connectivity index (χ0n) is 13.9. The average Bonchev–Trinajstić information content (AvgIpc) is 2.55. The summed E-state index contributed by atoms with van der Waals surface area (Å²) in [6.45, 7) is 1.39. The molecule has 0 atom stereocenters. The van der Waals surface area contributed by atoms with Crippen molar-refractivity contribution < 1.29 is 31.1 Å². The van der Waals surface area contributed by atoms with Gasteiger partial charge in [0, 0.05) is 11.9 Å². The van der Waals surface area contributed by atoms with Gasteiger partial charge in [-0.2, -0.15) is 13.2 Å². The predicted molar refractivity (Wildman–Crippen MR) is 91.4 cm³/mol. The van der Waals surface area contributed by atoms with Gasteiger partial charge < -0.3 is 10.1 Å². The van der Waals surface area contributed by atoms with Gasteiger partial charge >= 0.3 is 12.1 Å². The lowest BCUT2D eigenvalue weighted by Crippen LogP contribution is -2.17. The van der Waals surface area contributed by atoms with Crippen LogP contribution in [0.3, 0.4) is 0 Å². The molecule has 0 aliphatic rings. The van der Waals surface area contributed by atoms with Crippen molar-refractivity contribution in [3.8, 4) is 0 Å². The Morgan fingerprint density at radius 1 is 1.33 bits per heavy atom. The van der Waals surface area contributed by atoms with Crippen LogP contribution in [0, 0.1) is 6.92 Å². The number of benzene rings is 1. The molecule has 0 aliphatic carbocycles. The average molecular weight is 424 g/mol. The maximum atomic E-state index is 12.8. The first-order valence-corrected chi connectivity index (χ1v) is 9.03. The highest BCUT2D eigenvalue weighted by atomic mass is 35.5. The molecule has 3 N–H and O–H groups in total. The molecule has 1 aromatic heterocycles. The van der Waals surface area contributed by atoms with Gasteiger partial charge in [0.15, 0.2) is 5.03 Å². The molecule has 0 saturated heterocycles. The third-order valence-electron chi connectivity index (χ3n) is 3.48. The Hall–Kier alpha value is -2.37. The van der Waals surface area contributed by atoms with Crippen LogP contribution in [-0.4, -0.2) is 26.5 Å². The summed E-state index contributed by atoms with van der Waals surface area (Å²) in [5.74, 6) is -0.891. The van der Waals surface area contributed by atoms with Gasteiger partial charge in [0.25, 0.3) is 10.0 Å². The highest BCUT2D eigenvalue weighted by Gasteiger charge is 2.31. The second-order valence-electron chi connectivity index (χ2n) is 5.36. The molecule has 7 nitrogen and oxygen atoms in total. The zero-order valence-corrected chi connectivity index (χ0v) is 15.5. The smallest absolute Gasteiger partial charge is 0.416 e. The number of alkyl halides is 3. The maximum absolute atomic E-state index is 12.8. The summed E-state index contributed by atoms with van der Waals surface area (Å²) < 4.78 is 66.2. The van der Waals surface area contributed by atoms with Gasteiger partial charge in [-0.3, -0.25) is 0 Å². The Bertz CT molecular complexity index is 1010. The topological polar surface area (TPSA) is 111 Å². The van der Waals surface area contributed by atoms with Gasteiger partial charge in [0.05, 0.1) is 18.4 Å². The Balaban J connectivity index is 2.62. The lowest BCUT2D eigenvalue weighted by molar-refractivity contribution is -0.137. The van der Waals surface area contributed by atoms with Crippen molar-refractivity contribution in [3.05, 3.63) is 46.1 Å². The summed E-state index contributed by atoms with van der Waals surface area (Å²) in [4.78, 5) is 15.5. The molecule has 0 spiro atoms. The number of nitrogens with two attached hydrogens (primary N) is 1. The molecule has 0 radical (unpaired) electrons. The number of carbonyl (C=O) groups is 1. The number of nitrogens with one attached hydrogen (secondary N) is 1. The first kappa shape index (κ1) is 20.9. The molecule has 12 heteroatoms. The molecular formula is C15H13ClF3N3O4S. The van der Waals surface area contributed by atoms with Gasteiger partial charge in [0.2, 0.25) is 0 Å². The van der Waals surface area contributed by atoms with Gasteiger partial charge in [-0.25, -0.2) is 23.3 Å². The lowest BCUT2D eigenvalue weighted by Gasteiger charge is -2.17. The van der Waals surface area contributed by atoms with Crippen LogP contribution in [0.25, 0.3) is 0 Å². The molecule has 0 aliphatic heterocycles. The summed E-state index contributed by atoms with van der Waals surface area (Å²) in [7, 11) is -3.24. The first-order valence-electron chi connectivity index (χ1n) is 7.10. The van der Waals surface area contributed by atoms with Crippen molar-refractivity contribution in [2.75, 3.05) is 12.4 Å². The number of primary sulfonamides is 1. The number of aromatic nitrogens is 1. The summed E-state index contributed by atoms with van der Waals surface area (Å²) in [6.07, 6.45) is -3.64. The molecular weight excluding hydrogens is 411 g/mol. The van der Waals surface area contributed by atoms with Crippen molar-refractivity contribution in [1.82, 2.24) is 4.98 Å². The largest absolute Gasteiger partial charge is 0.465 e. The van der Waals surface area contributed by atoms with Gasteiger partial charge in [-0.1, -0.05) is 11.6 Å². The summed E-state index contributed by atoms with van der Waals surface area (Å²) >= 11 is 6.03. The number of rotatable bonds is 4. The van der Waals surface area contributed by atoms with Crippen molar-refractivity contribution in [1.29, 1.82) is 0 Å². The second-order valence-corrected chi connectivity index (χ2v) is 7.21. The molecule has 0 amide bonds.